The number of aromatic nitrogens is 2. The van der Waals surface area contributed by atoms with Crippen LogP contribution >= 0.6 is 23.4 Å². The second kappa shape index (κ2) is 8.25. The second-order valence-corrected chi connectivity index (χ2v) is 6.79. The van der Waals surface area contributed by atoms with Gasteiger partial charge in [0.05, 0.1) is 18.6 Å². The molecule has 0 unspecified atom stereocenters. The lowest BCUT2D eigenvalue weighted by Crippen LogP contribution is -2.14. The van der Waals surface area contributed by atoms with Crippen LogP contribution in [0.1, 0.15) is 5.56 Å². The summed E-state index contributed by atoms with van der Waals surface area (Å²) in [5.41, 5.74) is 2.46. The maximum atomic E-state index is 12.2. The molecule has 1 N–H and O–H groups in total. The molecule has 0 aliphatic rings. The van der Waals surface area contributed by atoms with E-state index in [1.165, 1.54) is 7.11 Å². The Morgan fingerprint density at radius 3 is 2.88 bits per heavy atom. The van der Waals surface area contributed by atoms with Gasteiger partial charge in [-0.2, -0.15) is 0 Å². The number of anilines is 1. The number of hydrogen-bond donors (Lipinski definition) is 1. The average Bonchev–Trinajstić information content (AvgIpc) is 3.09. The first-order chi connectivity index (χ1) is 12.5. The molecule has 1 heterocycles. The number of nitrogens with one attached hydrogen (secondary N) is 1. The molecular formula is C18H16ClN3O3S. The van der Waals surface area contributed by atoms with E-state index >= 15 is 0 Å². The third-order valence-electron chi connectivity index (χ3n) is 3.43. The number of aryl methyl sites for hydroxylation is 1. The standard InChI is InChI=1S/C18H16ClN3O3S/c1-11-4-3-5-12(8-11)17-21-22-18(25-17)26-10-16(23)20-14-9-13(19)6-7-15(14)24-2/h3-9H,10H2,1-2H3,(H,20,23). The molecule has 134 valence electrons. The Hall–Kier alpha value is -2.51. The molecule has 0 aliphatic carbocycles. The van der Waals surface area contributed by atoms with Gasteiger partial charge in [-0.05, 0) is 37.3 Å². The van der Waals surface area contributed by atoms with Gasteiger partial charge in [-0.1, -0.05) is 41.1 Å². The SMILES string of the molecule is COc1ccc(Cl)cc1NC(=O)CSc1nnc(-c2cccc(C)c2)o1. The van der Waals surface area contributed by atoms with Gasteiger partial charge in [0, 0.05) is 10.6 Å². The van der Waals surface area contributed by atoms with Gasteiger partial charge in [-0.25, -0.2) is 0 Å². The van der Waals surface area contributed by atoms with Crippen molar-refractivity contribution >= 4 is 35.0 Å². The zero-order valence-corrected chi connectivity index (χ0v) is 15.7. The number of ether oxygens (including phenoxy) is 1. The van der Waals surface area contributed by atoms with Crippen LogP contribution in [0.25, 0.3) is 11.5 Å². The summed E-state index contributed by atoms with van der Waals surface area (Å²) in [6.45, 7) is 1.99. The summed E-state index contributed by atoms with van der Waals surface area (Å²) in [5.74, 6) is 0.844. The zero-order valence-electron chi connectivity index (χ0n) is 14.2. The van der Waals surface area contributed by atoms with Gasteiger partial charge < -0.3 is 14.5 Å². The van der Waals surface area contributed by atoms with Crippen molar-refractivity contribution in [2.45, 2.75) is 12.1 Å². The predicted octanol–water partition coefficient (Wildman–Crippen LogP) is 4.44. The van der Waals surface area contributed by atoms with Crippen molar-refractivity contribution in [1.82, 2.24) is 10.2 Å². The van der Waals surface area contributed by atoms with E-state index in [4.69, 9.17) is 20.8 Å². The van der Waals surface area contributed by atoms with Gasteiger partial charge in [0.1, 0.15) is 5.75 Å². The fraction of sp³-hybridized carbons (Fsp3) is 0.167. The number of hydrogen-bond acceptors (Lipinski definition) is 6. The van der Waals surface area contributed by atoms with Crippen molar-refractivity contribution in [3.8, 4) is 17.2 Å². The van der Waals surface area contributed by atoms with E-state index < -0.39 is 0 Å². The second-order valence-electron chi connectivity index (χ2n) is 5.42. The molecule has 1 aromatic heterocycles. The number of amides is 1. The molecule has 0 radical (unpaired) electrons. The van der Waals surface area contributed by atoms with Crippen molar-refractivity contribution in [3.05, 3.63) is 53.1 Å². The van der Waals surface area contributed by atoms with Crippen LogP contribution in [-0.2, 0) is 4.79 Å². The molecule has 8 heteroatoms. The van der Waals surface area contributed by atoms with E-state index in [1.54, 1.807) is 18.2 Å². The number of benzene rings is 2. The summed E-state index contributed by atoms with van der Waals surface area (Å²) < 4.78 is 10.8. The molecule has 3 aromatic rings. The minimum atomic E-state index is -0.231. The largest absolute Gasteiger partial charge is 0.495 e. The Kier molecular flexibility index (Phi) is 5.80. The predicted molar refractivity (Wildman–Crippen MR) is 102 cm³/mol. The van der Waals surface area contributed by atoms with Crippen LogP contribution in [0.15, 0.2) is 52.1 Å². The van der Waals surface area contributed by atoms with Crippen LogP contribution in [0.2, 0.25) is 5.02 Å². The molecule has 0 bridgehead atoms. The zero-order chi connectivity index (χ0) is 18.5. The molecule has 0 atom stereocenters. The number of halogens is 1. The lowest BCUT2D eigenvalue weighted by molar-refractivity contribution is -0.113. The van der Waals surface area contributed by atoms with Crippen LogP contribution in [-0.4, -0.2) is 29.0 Å². The van der Waals surface area contributed by atoms with E-state index in [0.717, 1.165) is 22.9 Å². The first-order valence-corrected chi connectivity index (χ1v) is 9.08. The smallest absolute Gasteiger partial charge is 0.277 e. The van der Waals surface area contributed by atoms with Crippen molar-refractivity contribution < 1.29 is 13.9 Å². The third kappa shape index (κ3) is 4.56. The lowest BCUT2D eigenvalue weighted by atomic mass is 10.1. The molecule has 6 nitrogen and oxygen atoms in total. The highest BCUT2D eigenvalue weighted by Gasteiger charge is 2.13. The fourth-order valence-corrected chi connectivity index (χ4v) is 2.99. The highest BCUT2D eigenvalue weighted by molar-refractivity contribution is 7.99. The number of carbonyl (C=O) groups excluding carboxylic acids is 1. The average molecular weight is 390 g/mol. The van der Waals surface area contributed by atoms with E-state index in [2.05, 4.69) is 15.5 Å². The molecule has 0 saturated carbocycles. The molecule has 2 aromatic carbocycles. The summed E-state index contributed by atoms with van der Waals surface area (Å²) >= 11 is 7.12. The van der Waals surface area contributed by atoms with Gasteiger partial charge in [-0.15, -0.1) is 10.2 Å². The summed E-state index contributed by atoms with van der Waals surface area (Å²) in [6.07, 6.45) is 0. The maximum Gasteiger partial charge on any atom is 0.277 e. The molecule has 1 amide bonds. The number of rotatable bonds is 6. The van der Waals surface area contributed by atoms with Gasteiger partial charge in [0.2, 0.25) is 11.8 Å². The van der Waals surface area contributed by atoms with Crippen molar-refractivity contribution in [2.24, 2.45) is 0 Å². The molecule has 0 aliphatic heterocycles. The monoisotopic (exact) mass is 389 g/mol. The van der Waals surface area contributed by atoms with Gasteiger partial charge in [-0.3, -0.25) is 4.79 Å². The quantitative estimate of drug-likeness (QED) is 0.628. The van der Waals surface area contributed by atoms with E-state index in [9.17, 15) is 4.79 Å². The van der Waals surface area contributed by atoms with Crippen molar-refractivity contribution in [3.63, 3.8) is 0 Å². The maximum absolute atomic E-state index is 12.2. The van der Waals surface area contributed by atoms with Gasteiger partial charge in [0.25, 0.3) is 5.22 Å². The highest BCUT2D eigenvalue weighted by Crippen LogP contribution is 2.28. The van der Waals surface area contributed by atoms with Gasteiger partial charge >= 0.3 is 0 Å². The lowest BCUT2D eigenvalue weighted by Gasteiger charge is -2.09. The molecule has 3 rings (SSSR count). The van der Waals surface area contributed by atoms with Crippen molar-refractivity contribution in [1.29, 1.82) is 0 Å². The minimum Gasteiger partial charge on any atom is -0.495 e. The molecule has 26 heavy (non-hydrogen) atoms. The van der Waals surface area contributed by atoms with Crippen LogP contribution in [0.3, 0.4) is 0 Å². The Balaban J connectivity index is 1.61. The first kappa shape index (κ1) is 18.3. The minimum absolute atomic E-state index is 0.116. The Bertz CT molecular complexity index is 930. The normalized spacial score (nSPS) is 10.6. The van der Waals surface area contributed by atoms with E-state index in [1.807, 2.05) is 31.2 Å². The highest BCUT2D eigenvalue weighted by atomic mass is 35.5. The summed E-state index contributed by atoms with van der Waals surface area (Å²) in [4.78, 5) is 12.2. The van der Waals surface area contributed by atoms with Crippen LogP contribution in [0.5, 0.6) is 5.75 Å². The Morgan fingerprint density at radius 2 is 2.12 bits per heavy atom. The Labute approximate surface area is 159 Å². The fourth-order valence-electron chi connectivity index (χ4n) is 2.25. The van der Waals surface area contributed by atoms with E-state index in [0.29, 0.717) is 27.6 Å². The number of carbonyl (C=O) groups is 1. The summed E-state index contributed by atoms with van der Waals surface area (Å²) in [7, 11) is 1.53. The molecular weight excluding hydrogens is 374 g/mol. The topological polar surface area (TPSA) is 77.2 Å². The molecule has 0 saturated heterocycles. The molecule has 0 spiro atoms. The van der Waals surface area contributed by atoms with Crippen LogP contribution in [0, 0.1) is 6.92 Å². The molecule has 0 fully saturated rings. The van der Waals surface area contributed by atoms with Crippen LogP contribution in [0.4, 0.5) is 5.69 Å². The van der Waals surface area contributed by atoms with Gasteiger partial charge in [0.15, 0.2) is 0 Å². The Morgan fingerprint density at radius 1 is 1.27 bits per heavy atom. The third-order valence-corrected chi connectivity index (χ3v) is 4.49. The number of methoxy groups -OCH3 is 1. The van der Waals surface area contributed by atoms with Crippen molar-refractivity contribution in [2.75, 3.05) is 18.2 Å². The number of thioether (sulfide) groups is 1. The number of nitrogens with zero attached hydrogens (tertiary/aromatic N) is 2. The first-order valence-electron chi connectivity index (χ1n) is 7.72. The summed E-state index contributed by atoms with van der Waals surface area (Å²) in [6, 6.07) is 12.8. The summed E-state index contributed by atoms with van der Waals surface area (Å²) in [5, 5.41) is 11.6. The van der Waals surface area contributed by atoms with E-state index in [-0.39, 0.29) is 11.7 Å². The van der Waals surface area contributed by atoms with Crippen LogP contribution < -0.4 is 10.1 Å².